The predicted molar refractivity (Wildman–Crippen MR) is 92.1 cm³/mol. The number of nitrogens with zero attached hydrogens (tertiary/aromatic N) is 1. The molecule has 5 nitrogen and oxygen atoms in total. The second-order valence-corrected chi connectivity index (χ2v) is 5.63. The Bertz CT molecular complexity index is 591. The van der Waals surface area contributed by atoms with Crippen molar-refractivity contribution >= 4 is 11.8 Å². The molecule has 1 aromatic carbocycles. The van der Waals surface area contributed by atoms with Crippen LogP contribution in [0.2, 0.25) is 0 Å². The summed E-state index contributed by atoms with van der Waals surface area (Å²) in [5, 5.41) is 2.70. The third-order valence-corrected chi connectivity index (χ3v) is 3.68. The van der Waals surface area contributed by atoms with E-state index >= 15 is 0 Å². The van der Waals surface area contributed by atoms with E-state index in [1.54, 1.807) is 31.2 Å². The summed E-state index contributed by atoms with van der Waals surface area (Å²) in [6, 6.07) is 6.82. The van der Waals surface area contributed by atoms with E-state index in [1.807, 2.05) is 6.92 Å². The van der Waals surface area contributed by atoms with Crippen LogP contribution in [0, 0.1) is 0 Å². The van der Waals surface area contributed by atoms with Gasteiger partial charge in [-0.05, 0) is 32.4 Å². The molecule has 0 aliphatic heterocycles. The second kappa shape index (κ2) is 10.7. The Morgan fingerprint density at radius 3 is 2.50 bits per heavy atom. The first-order valence-corrected chi connectivity index (χ1v) is 8.63. The molecule has 0 bridgehead atoms. The van der Waals surface area contributed by atoms with E-state index in [0.717, 1.165) is 0 Å². The highest BCUT2D eigenvalue weighted by atomic mass is 19.4. The summed E-state index contributed by atoms with van der Waals surface area (Å²) < 4.78 is 42.2. The van der Waals surface area contributed by atoms with Gasteiger partial charge in [0.25, 0.3) is 5.91 Å². The molecule has 0 atom stereocenters. The molecule has 0 spiro atoms. The van der Waals surface area contributed by atoms with Gasteiger partial charge in [-0.3, -0.25) is 9.59 Å². The summed E-state index contributed by atoms with van der Waals surface area (Å²) in [5.41, 5.74) is 0.404. The topological polar surface area (TPSA) is 58.6 Å². The van der Waals surface area contributed by atoms with E-state index in [0.29, 0.717) is 24.3 Å². The molecule has 8 heteroatoms. The Morgan fingerprint density at radius 1 is 1.19 bits per heavy atom. The van der Waals surface area contributed by atoms with Gasteiger partial charge in [0.15, 0.2) is 0 Å². The fourth-order valence-corrected chi connectivity index (χ4v) is 2.35. The van der Waals surface area contributed by atoms with E-state index in [2.05, 4.69) is 5.32 Å². The van der Waals surface area contributed by atoms with E-state index in [1.165, 1.54) is 4.90 Å². The Morgan fingerprint density at radius 2 is 1.88 bits per heavy atom. The maximum absolute atomic E-state index is 12.3. The summed E-state index contributed by atoms with van der Waals surface area (Å²) in [6.45, 7) is 4.03. The van der Waals surface area contributed by atoms with Crippen LogP contribution >= 0.6 is 0 Å². The third-order valence-electron chi connectivity index (χ3n) is 3.68. The fourth-order valence-electron chi connectivity index (χ4n) is 2.35. The highest BCUT2D eigenvalue weighted by Gasteiger charge is 2.28. The van der Waals surface area contributed by atoms with Crippen LogP contribution < -0.4 is 10.1 Å². The number of para-hydroxylation sites is 1. The number of carbonyl (C=O) groups excluding carboxylic acids is 2. The van der Waals surface area contributed by atoms with Crippen LogP contribution in [0.5, 0.6) is 5.75 Å². The standard InChI is InChI=1S/C18H25F3N2O3/c1-3-23(13-11-18(19,20)21)16(24)10-7-12-22-17(25)14-8-5-6-9-15(14)26-4-2/h5-6,8-9H,3-4,7,10-13H2,1-2H3,(H,22,25). The van der Waals surface area contributed by atoms with Gasteiger partial charge in [0.2, 0.25) is 5.91 Å². The van der Waals surface area contributed by atoms with Gasteiger partial charge < -0.3 is 15.0 Å². The lowest BCUT2D eigenvalue weighted by Crippen LogP contribution is -2.34. The van der Waals surface area contributed by atoms with Crippen LogP contribution in [0.1, 0.15) is 43.5 Å². The van der Waals surface area contributed by atoms with Crippen molar-refractivity contribution in [2.24, 2.45) is 0 Å². The molecule has 146 valence electrons. The molecule has 2 amide bonds. The maximum atomic E-state index is 12.3. The number of ether oxygens (including phenoxy) is 1. The average molecular weight is 374 g/mol. The quantitative estimate of drug-likeness (QED) is 0.639. The van der Waals surface area contributed by atoms with Crippen molar-refractivity contribution in [3.8, 4) is 5.75 Å². The van der Waals surface area contributed by atoms with E-state index in [4.69, 9.17) is 4.74 Å². The van der Waals surface area contributed by atoms with Gasteiger partial charge in [0.1, 0.15) is 5.75 Å². The van der Waals surface area contributed by atoms with Crippen molar-refractivity contribution in [1.82, 2.24) is 10.2 Å². The Kier molecular flexibility index (Phi) is 8.95. The van der Waals surface area contributed by atoms with E-state index in [-0.39, 0.29) is 37.9 Å². The highest BCUT2D eigenvalue weighted by molar-refractivity contribution is 5.96. The molecule has 0 aliphatic carbocycles. The molecular weight excluding hydrogens is 349 g/mol. The van der Waals surface area contributed by atoms with Crippen molar-refractivity contribution in [1.29, 1.82) is 0 Å². The number of benzene rings is 1. The number of rotatable bonds is 10. The molecule has 0 aromatic heterocycles. The molecule has 1 rings (SSSR count). The lowest BCUT2D eigenvalue weighted by Gasteiger charge is -2.21. The van der Waals surface area contributed by atoms with Crippen LogP contribution in [0.25, 0.3) is 0 Å². The first-order valence-electron chi connectivity index (χ1n) is 8.63. The highest BCUT2D eigenvalue weighted by Crippen LogP contribution is 2.20. The minimum atomic E-state index is -4.28. The van der Waals surface area contributed by atoms with Gasteiger partial charge in [-0.15, -0.1) is 0 Å². The minimum Gasteiger partial charge on any atom is -0.493 e. The van der Waals surface area contributed by atoms with Crippen LogP contribution in [0.4, 0.5) is 13.2 Å². The first-order chi connectivity index (χ1) is 12.3. The SMILES string of the molecule is CCOc1ccccc1C(=O)NCCCC(=O)N(CC)CCC(F)(F)F. The van der Waals surface area contributed by atoms with Crippen LogP contribution in [0.15, 0.2) is 24.3 Å². The van der Waals surface area contributed by atoms with Crippen LogP contribution in [-0.2, 0) is 4.79 Å². The van der Waals surface area contributed by atoms with Crippen molar-refractivity contribution in [2.45, 2.75) is 39.3 Å². The molecule has 0 aliphatic rings. The molecule has 0 unspecified atom stereocenters. The Labute approximate surface area is 151 Å². The molecule has 0 saturated heterocycles. The Balaban J connectivity index is 2.41. The zero-order valence-electron chi connectivity index (χ0n) is 15.1. The van der Waals surface area contributed by atoms with Crippen molar-refractivity contribution < 1.29 is 27.5 Å². The summed E-state index contributed by atoms with van der Waals surface area (Å²) in [6.07, 6.45) is -4.86. The van der Waals surface area contributed by atoms with Crippen LogP contribution in [-0.4, -0.2) is 49.1 Å². The zero-order valence-corrected chi connectivity index (χ0v) is 15.1. The summed E-state index contributed by atoms with van der Waals surface area (Å²) in [7, 11) is 0. The summed E-state index contributed by atoms with van der Waals surface area (Å²) in [5.74, 6) is -0.181. The number of hydrogen-bond acceptors (Lipinski definition) is 3. The van der Waals surface area contributed by atoms with Gasteiger partial charge in [0, 0.05) is 26.1 Å². The summed E-state index contributed by atoms with van der Waals surface area (Å²) in [4.78, 5) is 25.3. The maximum Gasteiger partial charge on any atom is 0.390 e. The van der Waals surface area contributed by atoms with Crippen molar-refractivity contribution in [3.63, 3.8) is 0 Å². The monoisotopic (exact) mass is 374 g/mol. The number of alkyl halides is 3. The van der Waals surface area contributed by atoms with Crippen molar-refractivity contribution in [3.05, 3.63) is 29.8 Å². The number of amides is 2. The van der Waals surface area contributed by atoms with Crippen LogP contribution in [0.3, 0.4) is 0 Å². The normalized spacial score (nSPS) is 11.1. The Hall–Kier alpha value is -2.25. The fraction of sp³-hybridized carbons (Fsp3) is 0.556. The lowest BCUT2D eigenvalue weighted by molar-refractivity contribution is -0.145. The lowest BCUT2D eigenvalue weighted by atomic mass is 10.2. The molecule has 0 fully saturated rings. The average Bonchev–Trinajstić information content (AvgIpc) is 2.59. The van der Waals surface area contributed by atoms with Gasteiger partial charge >= 0.3 is 6.18 Å². The zero-order chi connectivity index (χ0) is 19.6. The molecule has 0 radical (unpaired) electrons. The summed E-state index contributed by atoms with van der Waals surface area (Å²) >= 11 is 0. The van der Waals surface area contributed by atoms with Gasteiger partial charge in [-0.2, -0.15) is 13.2 Å². The number of carbonyl (C=O) groups is 2. The minimum absolute atomic E-state index is 0.0824. The smallest absolute Gasteiger partial charge is 0.390 e. The molecule has 0 saturated carbocycles. The first kappa shape index (κ1) is 21.8. The number of hydrogen-bond donors (Lipinski definition) is 1. The number of nitrogens with one attached hydrogen (secondary N) is 1. The molecule has 1 N–H and O–H groups in total. The molecular formula is C18H25F3N2O3. The van der Waals surface area contributed by atoms with Gasteiger partial charge in [-0.1, -0.05) is 12.1 Å². The van der Waals surface area contributed by atoms with Gasteiger partial charge in [0.05, 0.1) is 18.6 Å². The van der Waals surface area contributed by atoms with E-state index < -0.39 is 12.6 Å². The predicted octanol–water partition coefficient (Wildman–Crippen LogP) is 3.40. The molecule has 26 heavy (non-hydrogen) atoms. The van der Waals surface area contributed by atoms with E-state index in [9.17, 15) is 22.8 Å². The second-order valence-electron chi connectivity index (χ2n) is 5.63. The van der Waals surface area contributed by atoms with Gasteiger partial charge in [-0.25, -0.2) is 0 Å². The van der Waals surface area contributed by atoms with Crippen molar-refractivity contribution in [2.75, 3.05) is 26.2 Å². The largest absolute Gasteiger partial charge is 0.493 e. The molecule has 0 heterocycles. The molecule has 1 aromatic rings. The third kappa shape index (κ3) is 7.76. The number of halogens is 3.